The van der Waals surface area contributed by atoms with Crippen molar-refractivity contribution in [1.29, 1.82) is 0 Å². The number of hydrogen-bond donors (Lipinski definition) is 5. The first-order chi connectivity index (χ1) is 20.6. The number of anilines is 1. The molecule has 0 bridgehead atoms. The summed E-state index contributed by atoms with van der Waals surface area (Å²) >= 11 is 0. The molecule has 1 aliphatic rings. The molecule has 3 aromatic heterocycles. The number of imidazole rings is 1. The second-order valence-electron chi connectivity index (χ2n) is 9.93. The van der Waals surface area contributed by atoms with Gasteiger partial charge in [0.2, 0.25) is 0 Å². The average molecular weight is 618 g/mol. The number of benzene rings is 1. The van der Waals surface area contributed by atoms with E-state index in [2.05, 4.69) is 32.2 Å². The second kappa shape index (κ2) is 12.6. The van der Waals surface area contributed by atoms with E-state index in [4.69, 9.17) is 14.7 Å². The molecular formula is C25H31N9O8S. The van der Waals surface area contributed by atoms with Crippen molar-refractivity contribution >= 4 is 33.2 Å². The van der Waals surface area contributed by atoms with E-state index in [9.17, 15) is 28.5 Å². The first-order valence-corrected chi connectivity index (χ1v) is 14.9. The van der Waals surface area contributed by atoms with Gasteiger partial charge in [-0.15, -0.1) is 5.10 Å². The number of hydrogen-bond acceptors (Lipinski definition) is 14. The number of nitrogens with two attached hydrogens (primary N) is 1. The molecule has 0 spiro atoms. The molecule has 4 heterocycles. The zero-order chi connectivity index (χ0) is 30.7. The number of phenols is 1. The summed E-state index contributed by atoms with van der Waals surface area (Å²) in [5.74, 6) is -1.43. The fraction of sp³-hybridized carbons (Fsp3) is 0.440. The van der Waals surface area contributed by atoms with Gasteiger partial charge in [0.15, 0.2) is 17.7 Å². The van der Waals surface area contributed by atoms with Gasteiger partial charge in [-0.1, -0.05) is 43.5 Å². The van der Waals surface area contributed by atoms with E-state index in [0.717, 1.165) is 37.8 Å². The molecule has 0 aliphatic carbocycles. The summed E-state index contributed by atoms with van der Waals surface area (Å²) in [7, 11) is -4.68. The number of nitrogen functional groups attached to an aromatic ring is 1. The predicted octanol–water partition coefficient (Wildman–Crippen LogP) is 0.128. The molecule has 0 saturated carbocycles. The van der Waals surface area contributed by atoms with Crippen molar-refractivity contribution < 1.29 is 37.5 Å². The summed E-state index contributed by atoms with van der Waals surface area (Å²) in [5, 5.41) is 39.4. The Morgan fingerprint density at radius 2 is 1.95 bits per heavy atom. The molecule has 0 radical (unpaired) electrons. The molecule has 1 aliphatic heterocycles. The number of phenolic OH excluding ortho intramolecular Hbond substituents is 1. The quantitative estimate of drug-likeness (QED) is 0.133. The van der Waals surface area contributed by atoms with E-state index < -0.39 is 53.1 Å². The predicted molar refractivity (Wildman–Crippen MR) is 149 cm³/mol. The number of fused-ring (bicyclic) bond motifs is 1. The number of nitrogens with one attached hydrogen (secondary N) is 1. The molecule has 1 saturated heterocycles. The molecule has 5 rings (SSSR count). The van der Waals surface area contributed by atoms with Crippen LogP contribution in [0, 0.1) is 0 Å². The first kappa shape index (κ1) is 30.2. The lowest BCUT2D eigenvalue weighted by Crippen LogP contribution is -2.37. The summed E-state index contributed by atoms with van der Waals surface area (Å²) in [6.07, 6.45) is 2.30. The number of unbranched alkanes of at least 4 members (excludes halogenated alkanes) is 3. The minimum atomic E-state index is -4.68. The van der Waals surface area contributed by atoms with Crippen LogP contribution in [0.25, 0.3) is 17.1 Å². The summed E-state index contributed by atoms with van der Waals surface area (Å²) in [5.41, 5.74) is 6.95. The van der Waals surface area contributed by atoms with Gasteiger partial charge in [-0.3, -0.25) is 13.5 Å². The van der Waals surface area contributed by atoms with Gasteiger partial charge in [0.25, 0.3) is 11.9 Å². The Balaban J connectivity index is 1.29. The third kappa shape index (κ3) is 6.57. The van der Waals surface area contributed by atoms with Crippen LogP contribution in [0.4, 0.5) is 5.82 Å². The number of para-hydroxylation sites is 1. The fourth-order valence-corrected chi connectivity index (χ4v) is 5.28. The highest BCUT2D eigenvalue weighted by atomic mass is 32.2. The van der Waals surface area contributed by atoms with Crippen LogP contribution in [-0.4, -0.2) is 89.1 Å². The number of amides is 1. The Morgan fingerprint density at radius 1 is 1.16 bits per heavy atom. The van der Waals surface area contributed by atoms with E-state index in [0.29, 0.717) is 0 Å². The van der Waals surface area contributed by atoms with E-state index in [-0.39, 0.29) is 28.5 Å². The third-order valence-corrected chi connectivity index (χ3v) is 7.72. The van der Waals surface area contributed by atoms with Crippen LogP contribution in [-0.2, 0) is 25.6 Å². The van der Waals surface area contributed by atoms with Crippen LogP contribution >= 0.6 is 0 Å². The van der Waals surface area contributed by atoms with Crippen molar-refractivity contribution in [1.82, 2.24) is 39.2 Å². The lowest BCUT2D eigenvalue weighted by atomic mass is 10.1. The van der Waals surface area contributed by atoms with Gasteiger partial charge in [-0.25, -0.2) is 9.71 Å². The van der Waals surface area contributed by atoms with Gasteiger partial charge in [0, 0.05) is 0 Å². The van der Waals surface area contributed by atoms with E-state index in [1.54, 1.807) is 10.9 Å². The third-order valence-electron chi connectivity index (χ3n) is 6.83. The van der Waals surface area contributed by atoms with Gasteiger partial charge in [-0.05, 0) is 25.0 Å². The number of carbonyl (C=O) groups is 1. The van der Waals surface area contributed by atoms with Crippen molar-refractivity contribution in [3.63, 3.8) is 0 Å². The van der Waals surface area contributed by atoms with E-state index in [1.165, 1.54) is 39.8 Å². The van der Waals surface area contributed by atoms with Crippen molar-refractivity contribution in [3.8, 4) is 11.7 Å². The number of rotatable bonds is 12. The molecule has 230 valence electrons. The van der Waals surface area contributed by atoms with E-state index >= 15 is 0 Å². The van der Waals surface area contributed by atoms with Crippen molar-refractivity contribution in [2.24, 2.45) is 0 Å². The van der Waals surface area contributed by atoms with Gasteiger partial charge in [-0.2, -0.15) is 23.1 Å². The number of nitrogens with zero attached hydrogens (tertiary/aromatic N) is 7. The zero-order valence-corrected chi connectivity index (χ0v) is 23.8. The molecule has 4 aromatic rings. The summed E-state index contributed by atoms with van der Waals surface area (Å²) in [6.45, 7) is 1.38. The van der Waals surface area contributed by atoms with Crippen molar-refractivity contribution in [2.75, 3.05) is 12.3 Å². The standard InChI is InChI=1S/C25H31N9O8S/c1-2-3-4-5-8-14-11-34(32-30-14)25-28-21(26)18-22(29-25)33(13-27-18)24-20(37)19(36)17(42-24)12-41-43(39,40)31-23(38)15-9-6-7-10-16(15)35/h6-7,9-11,13,17,19-20,24,35-37H,2-5,8,12H2,1H3,(H,31,38)(H2,26,28,29)/t17-,19-,20-,24-/m0/s1. The minimum Gasteiger partial charge on any atom is -0.507 e. The van der Waals surface area contributed by atoms with Crippen LogP contribution in [0.5, 0.6) is 5.75 Å². The maximum absolute atomic E-state index is 12.4. The highest BCUT2D eigenvalue weighted by Crippen LogP contribution is 2.32. The lowest BCUT2D eigenvalue weighted by Gasteiger charge is -2.16. The molecule has 1 aromatic carbocycles. The molecule has 17 nitrogen and oxygen atoms in total. The SMILES string of the molecule is CCCCCCc1cn(-c2nc(N)c3ncn([C@H]4O[C@@H](COS(=O)(=O)NC(=O)c5ccccc5O)[C@H](O)[C@@H]4O)c3n2)nn1. The van der Waals surface area contributed by atoms with Gasteiger partial charge < -0.3 is 25.8 Å². The number of ether oxygens (including phenoxy) is 1. The normalized spacial score (nSPS) is 20.5. The Hall–Kier alpha value is -4.23. The number of aromatic hydroxyl groups is 1. The fourth-order valence-electron chi connectivity index (χ4n) is 4.58. The van der Waals surface area contributed by atoms with Gasteiger partial charge in [0.05, 0.1) is 30.4 Å². The average Bonchev–Trinajstić information content (AvgIpc) is 3.68. The molecule has 0 unspecified atom stereocenters. The summed E-state index contributed by atoms with van der Waals surface area (Å²) < 4.78 is 39.6. The maximum Gasteiger partial charge on any atom is 0.362 e. The highest BCUT2D eigenvalue weighted by Gasteiger charge is 2.45. The molecule has 4 atom stereocenters. The van der Waals surface area contributed by atoms with Crippen LogP contribution in [0.15, 0.2) is 36.8 Å². The van der Waals surface area contributed by atoms with Crippen molar-refractivity contribution in [2.45, 2.75) is 63.6 Å². The number of aryl methyl sites for hydroxylation is 1. The number of aliphatic hydroxyl groups is 2. The Morgan fingerprint density at radius 3 is 2.72 bits per heavy atom. The molecule has 18 heteroatoms. The summed E-state index contributed by atoms with van der Waals surface area (Å²) in [6, 6.07) is 5.33. The number of aromatic nitrogens is 7. The minimum absolute atomic E-state index is 0.0259. The van der Waals surface area contributed by atoms with Gasteiger partial charge >= 0.3 is 10.3 Å². The topological polar surface area (TPSA) is 243 Å². The second-order valence-corrected chi connectivity index (χ2v) is 11.3. The monoisotopic (exact) mass is 617 g/mol. The molecule has 1 amide bonds. The van der Waals surface area contributed by atoms with E-state index in [1.807, 2.05) is 0 Å². The number of carbonyl (C=O) groups excluding carboxylic acids is 1. The smallest absolute Gasteiger partial charge is 0.362 e. The first-order valence-electron chi connectivity index (χ1n) is 13.5. The largest absolute Gasteiger partial charge is 0.507 e. The molecule has 1 fully saturated rings. The Labute approximate surface area is 245 Å². The highest BCUT2D eigenvalue weighted by molar-refractivity contribution is 7.85. The van der Waals surface area contributed by atoms with Crippen molar-refractivity contribution in [3.05, 3.63) is 48.0 Å². The molecule has 6 N–H and O–H groups in total. The number of aliphatic hydroxyl groups excluding tert-OH is 2. The Bertz CT molecular complexity index is 1710. The maximum atomic E-state index is 12.4. The lowest BCUT2D eigenvalue weighted by molar-refractivity contribution is -0.0468. The molecule has 43 heavy (non-hydrogen) atoms. The van der Waals surface area contributed by atoms with Crippen LogP contribution in [0.1, 0.15) is 54.9 Å². The van der Waals surface area contributed by atoms with Crippen LogP contribution in [0.2, 0.25) is 0 Å². The van der Waals surface area contributed by atoms with Crippen LogP contribution < -0.4 is 10.5 Å². The molecular weight excluding hydrogens is 586 g/mol. The van der Waals surface area contributed by atoms with Gasteiger partial charge in [0.1, 0.15) is 29.6 Å². The Kier molecular flexibility index (Phi) is 8.83. The van der Waals surface area contributed by atoms with Crippen LogP contribution in [0.3, 0.4) is 0 Å². The zero-order valence-electron chi connectivity index (χ0n) is 23.0. The summed E-state index contributed by atoms with van der Waals surface area (Å²) in [4.78, 5) is 25.2.